The van der Waals surface area contributed by atoms with Crippen LogP contribution in [0.4, 0.5) is 5.69 Å². The van der Waals surface area contributed by atoms with Crippen molar-refractivity contribution in [3.63, 3.8) is 0 Å². The largest absolute Gasteiger partial charge is 0.315 e. The number of nitrogens with zero attached hydrogens (tertiary/aromatic N) is 3. The first-order valence-corrected chi connectivity index (χ1v) is 10.1. The molecule has 5 nitrogen and oxygen atoms in total. The van der Waals surface area contributed by atoms with Gasteiger partial charge >= 0.3 is 0 Å². The second-order valence-corrected chi connectivity index (χ2v) is 8.19. The first-order valence-electron chi connectivity index (χ1n) is 9.21. The van der Waals surface area contributed by atoms with Gasteiger partial charge in [-0.25, -0.2) is 0 Å². The fraction of sp³-hybridized carbons (Fsp3) is 0.333. The Kier molecular flexibility index (Phi) is 5.09. The van der Waals surface area contributed by atoms with Gasteiger partial charge in [-0.1, -0.05) is 23.8 Å². The zero-order valence-corrected chi connectivity index (χ0v) is 16.4. The predicted molar refractivity (Wildman–Crippen MR) is 109 cm³/mol. The second-order valence-electron chi connectivity index (χ2n) is 7.16. The van der Waals surface area contributed by atoms with E-state index in [-0.39, 0.29) is 17.7 Å². The van der Waals surface area contributed by atoms with Gasteiger partial charge in [0.2, 0.25) is 5.91 Å². The van der Waals surface area contributed by atoms with Gasteiger partial charge in [0.25, 0.3) is 0 Å². The summed E-state index contributed by atoms with van der Waals surface area (Å²) in [6, 6.07) is 12.3. The minimum absolute atomic E-state index is 0.0875. The molecule has 2 atom stereocenters. The average Bonchev–Trinajstić information content (AvgIpc) is 3.41. The summed E-state index contributed by atoms with van der Waals surface area (Å²) in [5.41, 5.74) is 3.27. The third-order valence-electron chi connectivity index (χ3n) is 5.19. The molecule has 1 aromatic carbocycles. The fourth-order valence-corrected chi connectivity index (χ4v) is 4.39. The van der Waals surface area contributed by atoms with Gasteiger partial charge in [-0.05, 0) is 36.1 Å². The number of nitrogens with one attached hydrogen (secondary N) is 1. The zero-order chi connectivity index (χ0) is 18.8. The molecule has 1 amide bonds. The van der Waals surface area contributed by atoms with Gasteiger partial charge in [-0.15, -0.1) is 11.3 Å². The van der Waals surface area contributed by atoms with Crippen LogP contribution in [0.3, 0.4) is 0 Å². The Bertz CT molecular complexity index is 901. The molecule has 6 heteroatoms. The van der Waals surface area contributed by atoms with E-state index in [1.807, 2.05) is 42.5 Å². The van der Waals surface area contributed by atoms with Gasteiger partial charge in [0.1, 0.15) is 0 Å². The molecule has 0 spiro atoms. The van der Waals surface area contributed by atoms with Gasteiger partial charge in [-0.2, -0.15) is 5.10 Å². The Morgan fingerprint density at radius 3 is 2.78 bits per heavy atom. The summed E-state index contributed by atoms with van der Waals surface area (Å²) in [5.74, 6) is 0.240. The Hall–Kier alpha value is -2.44. The topological polar surface area (TPSA) is 50.2 Å². The molecule has 2 aromatic heterocycles. The van der Waals surface area contributed by atoms with Crippen LogP contribution in [0.5, 0.6) is 0 Å². The van der Waals surface area contributed by atoms with Gasteiger partial charge in [0, 0.05) is 42.8 Å². The lowest BCUT2D eigenvalue weighted by atomic mass is 9.89. The number of rotatable bonds is 5. The zero-order valence-electron chi connectivity index (χ0n) is 15.6. The number of aromatic nitrogens is 2. The van der Waals surface area contributed by atoms with Crippen molar-refractivity contribution >= 4 is 22.9 Å². The lowest BCUT2D eigenvalue weighted by molar-refractivity contribution is -0.122. The summed E-state index contributed by atoms with van der Waals surface area (Å²) in [4.78, 5) is 16.7. The molecule has 1 fully saturated rings. The molecule has 1 aliphatic rings. The molecular weight excluding hydrogens is 356 g/mol. The van der Waals surface area contributed by atoms with E-state index in [1.165, 1.54) is 10.4 Å². The second kappa shape index (κ2) is 7.66. The molecule has 0 aliphatic carbocycles. The maximum absolute atomic E-state index is 13.6. The van der Waals surface area contributed by atoms with E-state index in [1.54, 1.807) is 16.0 Å². The number of hydrogen-bond donors (Lipinski definition) is 1. The molecule has 1 aliphatic heterocycles. The van der Waals surface area contributed by atoms with Gasteiger partial charge in [0.15, 0.2) is 0 Å². The van der Waals surface area contributed by atoms with Gasteiger partial charge in [0.05, 0.1) is 18.7 Å². The molecule has 0 bridgehead atoms. The minimum Gasteiger partial charge on any atom is -0.315 e. The van der Waals surface area contributed by atoms with Crippen molar-refractivity contribution in [3.05, 3.63) is 70.2 Å². The van der Waals surface area contributed by atoms with E-state index in [2.05, 4.69) is 40.9 Å². The molecule has 1 N–H and O–H groups in total. The molecule has 27 heavy (non-hydrogen) atoms. The molecule has 0 unspecified atom stereocenters. The highest BCUT2D eigenvalue weighted by Gasteiger charge is 2.37. The fourth-order valence-electron chi connectivity index (χ4n) is 3.70. The molecule has 0 saturated carbocycles. The van der Waals surface area contributed by atoms with E-state index < -0.39 is 0 Å². The predicted octanol–water partition coefficient (Wildman–Crippen LogP) is 3.33. The Morgan fingerprint density at radius 2 is 2.11 bits per heavy atom. The van der Waals surface area contributed by atoms with Gasteiger partial charge < -0.3 is 10.2 Å². The van der Waals surface area contributed by atoms with Crippen molar-refractivity contribution in [2.75, 3.05) is 18.0 Å². The third kappa shape index (κ3) is 3.82. The quantitative estimate of drug-likeness (QED) is 0.739. The number of hydrogen-bond acceptors (Lipinski definition) is 4. The molecular formula is C21H24N4OS. The summed E-state index contributed by atoms with van der Waals surface area (Å²) < 4.78 is 1.80. The van der Waals surface area contributed by atoms with Crippen molar-refractivity contribution in [3.8, 4) is 0 Å². The Balaban J connectivity index is 1.64. The molecule has 3 heterocycles. The van der Waals surface area contributed by atoms with Crippen LogP contribution in [0.15, 0.2) is 54.2 Å². The maximum Gasteiger partial charge on any atom is 0.232 e. The van der Waals surface area contributed by atoms with Crippen molar-refractivity contribution in [2.45, 2.75) is 19.4 Å². The summed E-state index contributed by atoms with van der Waals surface area (Å²) >= 11 is 1.69. The van der Waals surface area contributed by atoms with Crippen LogP contribution in [-0.2, 0) is 18.4 Å². The highest BCUT2D eigenvalue weighted by Crippen LogP contribution is 2.32. The van der Waals surface area contributed by atoms with Crippen LogP contribution in [0, 0.1) is 12.8 Å². The smallest absolute Gasteiger partial charge is 0.232 e. The molecule has 3 aromatic rings. The first kappa shape index (κ1) is 17.9. The highest BCUT2D eigenvalue weighted by molar-refractivity contribution is 7.09. The number of carbonyl (C=O) groups excluding carboxylic acids is 1. The Morgan fingerprint density at radius 1 is 1.30 bits per heavy atom. The number of aryl methyl sites for hydroxylation is 2. The Labute approximate surface area is 163 Å². The summed E-state index contributed by atoms with van der Waals surface area (Å²) in [6.07, 6.45) is 3.90. The van der Waals surface area contributed by atoms with Crippen molar-refractivity contribution in [1.82, 2.24) is 15.1 Å². The molecule has 140 valence electrons. The van der Waals surface area contributed by atoms with E-state index in [0.717, 1.165) is 17.8 Å². The monoisotopic (exact) mass is 380 g/mol. The van der Waals surface area contributed by atoms with E-state index >= 15 is 0 Å². The van der Waals surface area contributed by atoms with Crippen molar-refractivity contribution in [2.24, 2.45) is 13.0 Å². The third-order valence-corrected chi connectivity index (χ3v) is 6.05. The standard InChI is InChI=1S/C21H24N4OS/c1-15-5-7-17(8-6-15)25(14-18-4-3-9-27-18)21(26)20-12-22-11-19(20)16-10-23-24(2)13-16/h3-10,13,19-20,22H,11-12,14H2,1-2H3/t19-,20+/m1/s1. The lowest BCUT2D eigenvalue weighted by Gasteiger charge is -2.27. The molecule has 4 rings (SSSR count). The van der Waals surface area contributed by atoms with E-state index in [4.69, 9.17) is 0 Å². The highest BCUT2D eigenvalue weighted by atomic mass is 32.1. The van der Waals surface area contributed by atoms with Crippen molar-refractivity contribution < 1.29 is 4.79 Å². The first-order chi connectivity index (χ1) is 13.1. The normalized spacial score (nSPS) is 19.3. The minimum atomic E-state index is -0.0875. The summed E-state index contributed by atoms with van der Waals surface area (Å²) in [5, 5.41) is 9.76. The molecule has 0 radical (unpaired) electrons. The van der Waals surface area contributed by atoms with Crippen LogP contribution in [-0.4, -0.2) is 28.8 Å². The number of thiophene rings is 1. The number of anilines is 1. The number of amides is 1. The van der Waals surface area contributed by atoms with Crippen LogP contribution in [0.2, 0.25) is 0 Å². The summed E-state index contributed by atoms with van der Waals surface area (Å²) in [7, 11) is 1.91. The number of benzene rings is 1. The summed E-state index contributed by atoms with van der Waals surface area (Å²) in [6.45, 7) is 4.18. The van der Waals surface area contributed by atoms with Crippen LogP contribution in [0.1, 0.15) is 21.9 Å². The van der Waals surface area contributed by atoms with Crippen LogP contribution < -0.4 is 10.2 Å². The van der Waals surface area contributed by atoms with Crippen LogP contribution >= 0.6 is 11.3 Å². The number of carbonyl (C=O) groups is 1. The van der Waals surface area contributed by atoms with Crippen molar-refractivity contribution in [1.29, 1.82) is 0 Å². The van der Waals surface area contributed by atoms with E-state index in [0.29, 0.717) is 13.1 Å². The van der Waals surface area contributed by atoms with Gasteiger partial charge in [-0.3, -0.25) is 9.48 Å². The SMILES string of the molecule is Cc1ccc(N(Cc2cccs2)C(=O)[C@H]2CNC[C@@H]2c2cnn(C)c2)cc1. The maximum atomic E-state index is 13.6. The van der Waals surface area contributed by atoms with Crippen LogP contribution in [0.25, 0.3) is 0 Å². The molecule has 1 saturated heterocycles. The average molecular weight is 381 g/mol. The lowest BCUT2D eigenvalue weighted by Crippen LogP contribution is -2.38. The van der Waals surface area contributed by atoms with E-state index in [9.17, 15) is 4.79 Å².